The first-order chi connectivity index (χ1) is 20.5. The lowest BCUT2D eigenvalue weighted by Gasteiger charge is -2.32. The number of hydrogen-bond donors (Lipinski definition) is 1. The van der Waals surface area contributed by atoms with Gasteiger partial charge in [-0.1, -0.05) is 49.1 Å². The highest BCUT2D eigenvalue weighted by molar-refractivity contribution is 5.82. The fourth-order valence-electron chi connectivity index (χ4n) is 4.74. The number of Topliss-reactive ketones (excluding diaryl/α,β-unsaturated/α-hetero) is 1. The Balaban J connectivity index is -0.000000259. The Labute approximate surface area is 286 Å². The number of rotatable bonds is 7. The van der Waals surface area contributed by atoms with Crippen molar-refractivity contribution < 1.29 is 52.7 Å². The summed E-state index contributed by atoms with van der Waals surface area (Å²) in [6.07, 6.45) is 9.04. The van der Waals surface area contributed by atoms with Gasteiger partial charge in [-0.25, -0.2) is 4.79 Å². The molecule has 0 atom stereocenters. The van der Waals surface area contributed by atoms with Gasteiger partial charge in [0, 0.05) is 45.3 Å². The number of carbonyl (C=O) groups is 4. The molecule has 0 spiro atoms. The van der Waals surface area contributed by atoms with Crippen LogP contribution in [0.15, 0.2) is 11.6 Å². The third-order valence-electron chi connectivity index (χ3n) is 7.65. The predicted octanol–water partition coefficient (Wildman–Crippen LogP) is 7.23. The molecule has 11 heteroatoms. The van der Waals surface area contributed by atoms with Gasteiger partial charge in [0.15, 0.2) is 0 Å². The summed E-state index contributed by atoms with van der Waals surface area (Å²) in [6.45, 7) is 14.4. The summed E-state index contributed by atoms with van der Waals surface area (Å²) >= 11 is 0. The number of aliphatic carboxylic acids is 1. The van der Waals surface area contributed by atoms with Gasteiger partial charge in [0.2, 0.25) is 0 Å². The Morgan fingerprint density at radius 3 is 1.40 bits per heavy atom. The van der Waals surface area contributed by atoms with E-state index in [0.717, 1.165) is 70.5 Å². The average molecular weight is 679 g/mol. The largest absolute Gasteiger partial charge is 0.481 e. The SMILES string of the molecule is C.C.C.C.CC1(CC(=O)O)CCOCC1.CCOC(=O)C=C1CCOCC1.CCOC(=O)CC1(C)CCOCC1.O=C1CCOCC1. The molecule has 4 rings (SSSR count). The third kappa shape index (κ3) is 26.3. The van der Waals surface area contributed by atoms with Crippen molar-refractivity contribution in [2.24, 2.45) is 10.8 Å². The summed E-state index contributed by atoms with van der Waals surface area (Å²) in [5.74, 6) is -0.665. The van der Waals surface area contributed by atoms with Crippen molar-refractivity contribution in [2.45, 2.75) is 122 Å². The van der Waals surface area contributed by atoms with E-state index in [9.17, 15) is 19.2 Å². The summed E-state index contributed by atoms with van der Waals surface area (Å²) in [5.41, 5.74) is 1.22. The zero-order valence-electron chi connectivity index (χ0n) is 26.7. The first-order valence-corrected chi connectivity index (χ1v) is 15.6. The molecule has 0 bridgehead atoms. The van der Waals surface area contributed by atoms with Crippen LogP contribution in [0.3, 0.4) is 0 Å². The standard InChI is InChI=1S/C10H18O3.C9H14O3.C8H14O3.C5H8O2.4CH4/c1-3-13-9(11)8-10(2)4-6-12-7-5-10;1-2-12-9(10)7-8-3-5-11-6-4-8;1-8(6-7(9)10)2-4-11-5-3-8;6-5-1-3-7-4-2-5;;;;/h3-8H2,1-2H3;7H,2-6H2,1H3;2-6H2,1H3,(H,9,10);1-4H2;4*1H4. The molecule has 11 nitrogen and oxygen atoms in total. The average Bonchev–Trinajstić information content (AvgIpc) is 2.95. The molecule has 0 aliphatic carbocycles. The molecule has 47 heavy (non-hydrogen) atoms. The lowest BCUT2D eigenvalue weighted by molar-refractivity contribution is -0.147. The maximum absolute atomic E-state index is 11.3. The van der Waals surface area contributed by atoms with Crippen molar-refractivity contribution in [1.29, 1.82) is 0 Å². The van der Waals surface area contributed by atoms with Crippen LogP contribution < -0.4 is 0 Å². The summed E-state index contributed by atoms with van der Waals surface area (Å²) in [7, 11) is 0. The highest BCUT2D eigenvalue weighted by atomic mass is 16.5. The molecule has 4 aliphatic heterocycles. The number of carboxylic acid groups (broad SMARTS) is 1. The molecule has 0 aromatic rings. The molecule has 1 N–H and O–H groups in total. The van der Waals surface area contributed by atoms with E-state index in [1.807, 2.05) is 13.8 Å². The molecular formula is C36H70O11. The molecule has 0 saturated carbocycles. The number of ether oxygens (including phenoxy) is 6. The zero-order valence-corrected chi connectivity index (χ0v) is 26.7. The van der Waals surface area contributed by atoms with E-state index in [0.29, 0.717) is 64.7 Å². The Morgan fingerprint density at radius 2 is 1.04 bits per heavy atom. The molecule has 4 aliphatic rings. The number of ketones is 1. The van der Waals surface area contributed by atoms with Gasteiger partial charge < -0.3 is 33.5 Å². The molecule has 4 heterocycles. The lowest BCUT2D eigenvalue weighted by Crippen LogP contribution is -2.29. The second-order valence-electron chi connectivity index (χ2n) is 11.7. The van der Waals surface area contributed by atoms with Crippen LogP contribution in [-0.4, -0.2) is 94.9 Å². The molecule has 4 fully saturated rings. The third-order valence-corrected chi connectivity index (χ3v) is 7.65. The number of carboxylic acids is 1. The van der Waals surface area contributed by atoms with Gasteiger partial charge in [-0.2, -0.15) is 0 Å². The molecular weight excluding hydrogens is 608 g/mol. The summed E-state index contributed by atoms with van der Waals surface area (Å²) < 4.78 is 30.2. The summed E-state index contributed by atoms with van der Waals surface area (Å²) in [6, 6.07) is 0. The molecule has 0 unspecified atom stereocenters. The van der Waals surface area contributed by atoms with Crippen LogP contribution in [-0.2, 0) is 47.6 Å². The van der Waals surface area contributed by atoms with Crippen molar-refractivity contribution in [2.75, 3.05) is 66.1 Å². The first kappa shape index (κ1) is 51.5. The fraction of sp³-hybridized carbons (Fsp3) is 0.833. The van der Waals surface area contributed by atoms with Crippen molar-refractivity contribution in [3.8, 4) is 0 Å². The molecule has 280 valence electrons. The van der Waals surface area contributed by atoms with E-state index in [-0.39, 0.29) is 58.9 Å². The van der Waals surface area contributed by atoms with E-state index in [1.54, 1.807) is 13.0 Å². The highest BCUT2D eigenvalue weighted by Gasteiger charge is 2.31. The minimum atomic E-state index is -0.700. The topological polar surface area (TPSA) is 144 Å². The van der Waals surface area contributed by atoms with Gasteiger partial charge >= 0.3 is 17.9 Å². The minimum absolute atomic E-state index is 0. The quantitative estimate of drug-likeness (QED) is 0.215. The summed E-state index contributed by atoms with van der Waals surface area (Å²) in [5, 5.41) is 8.59. The zero-order chi connectivity index (χ0) is 32.0. The Kier molecular flexibility index (Phi) is 32.6. The number of carbonyl (C=O) groups excluding carboxylic acids is 3. The van der Waals surface area contributed by atoms with Gasteiger partial charge in [0.25, 0.3) is 0 Å². The van der Waals surface area contributed by atoms with Gasteiger partial charge in [0.1, 0.15) is 5.78 Å². The second kappa shape index (κ2) is 29.8. The van der Waals surface area contributed by atoms with Crippen LogP contribution in [0.1, 0.15) is 122 Å². The molecule has 0 radical (unpaired) electrons. The number of hydrogen-bond acceptors (Lipinski definition) is 10. The Bertz CT molecular complexity index is 841. The smallest absolute Gasteiger partial charge is 0.330 e. The van der Waals surface area contributed by atoms with E-state index in [4.69, 9.17) is 33.5 Å². The maximum atomic E-state index is 11.3. The van der Waals surface area contributed by atoms with Crippen molar-refractivity contribution >= 4 is 23.7 Å². The highest BCUT2D eigenvalue weighted by Crippen LogP contribution is 2.34. The summed E-state index contributed by atoms with van der Waals surface area (Å²) in [4.78, 5) is 43.0. The van der Waals surface area contributed by atoms with E-state index in [2.05, 4.69) is 6.92 Å². The van der Waals surface area contributed by atoms with Gasteiger partial charge in [-0.15, -0.1) is 0 Å². The van der Waals surface area contributed by atoms with Crippen molar-refractivity contribution in [1.82, 2.24) is 0 Å². The fourth-order valence-corrected chi connectivity index (χ4v) is 4.74. The van der Waals surface area contributed by atoms with Gasteiger partial charge in [0.05, 0.1) is 52.5 Å². The monoisotopic (exact) mass is 678 g/mol. The van der Waals surface area contributed by atoms with Gasteiger partial charge in [-0.05, 0) is 63.2 Å². The Morgan fingerprint density at radius 1 is 0.660 bits per heavy atom. The minimum Gasteiger partial charge on any atom is -0.481 e. The van der Waals surface area contributed by atoms with Crippen molar-refractivity contribution in [3.05, 3.63) is 11.6 Å². The van der Waals surface area contributed by atoms with Gasteiger partial charge in [-0.3, -0.25) is 14.4 Å². The van der Waals surface area contributed by atoms with Crippen LogP contribution in [0.4, 0.5) is 0 Å². The number of esters is 2. The van der Waals surface area contributed by atoms with E-state index >= 15 is 0 Å². The second-order valence-corrected chi connectivity index (χ2v) is 11.7. The molecule has 0 amide bonds. The lowest BCUT2D eigenvalue weighted by atomic mass is 9.79. The molecule has 4 saturated heterocycles. The van der Waals surface area contributed by atoms with E-state index in [1.165, 1.54) is 0 Å². The molecule has 0 aromatic heterocycles. The van der Waals surface area contributed by atoms with Crippen molar-refractivity contribution in [3.63, 3.8) is 0 Å². The van der Waals surface area contributed by atoms with Crippen LogP contribution >= 0.6 is 0 Å². The van der Waals surface area contributed by atoms with Crippen LogP contribution in [0.2, 0.25) is 0 Å². The predicted molar refractivity (Wildman–Crippen MR) is 187 cm³/mol. The van der Waals surface area contributed by atoms with Crippen LogP contribution in [0.5, 0.6) is 0 Å². The maximum Gasteiger partial charge on any atom is 0.330 e. The van der Waals surface area contributed by atoms with E-state index < -0.39 is 5.97 Å². The molecule has 0 aromatic carbocycles. The Hall–Kier alpha value is -2.34. The van der Waals surface area contributed by atoms with Crippen LogP contribution in [0.25, 0.3) is 0 Å². The van der Waals surface area contributed by atoms with Crippen LogP contribution in [0, 0.1) is 10.8 Å². The normalized spacial score (nSPS) is 19.0. The first-order valence-electron chi connectivity index (χ1n) is 15.6.